The maximum absolute atomic E-state index is 11.1. The average molecular weight is 254 g/mol. The Bertz CT molecular complexity index is 350. The molecule has 0 saturated carbocycles. The molecule has 1 aromatic rings. The minimum Gasteiger partial charge on any atom is -0.466 e. The standard InChI is InChI=1S/C13H22N2O3/c1-3-17-13(16)7-5-4-6-8-14-10-12-9-11(2)18-15-12/h9,14H,3-8,10H2,1-2H3. The monoisotopic (exact) mass is 254 g/mol. The van der Waals surface area contributed by atoms with Gasteiger partial charge in [0.15, 0.2) is 0 Å². The van der Waals surface area contributed by atoms with Crippen molar-refractivity contribution >= 4 is 5.97 Å². The van der Waals surface area contributed by atoms with Crippen LogP contribution in [0.3, 0.4) is 0 Å². The Morgan fingerprint density at radius 1 is 1.44 bits per heavy atom. The Hall–Kier alpha value is -1.36. The molecule has 0 fully saturated rings. The predicted molar refractivity (Wildman–Crippen MR) is 68.0 cm³/mol. The highest BCUT2D eigenvalue weighted by atomic mass is 16.5. The normalized spacial score (nSPS) is 10.6. The zero-order valence-electron chi connectivity index (χ0n) is 11.2. The predicted octanol–water partition coefficient (Wildman–Crippen LogP) is 2.20. The van der Waals surface area contributed by atoms with Gasteiger partial charge in [-0.2, -0.15) is 0 Å². The molecule has 1 aromatic heterocycles. The summed E-state index contributed by atoms with van der Waals surface area (Å²) in [5.41, 5.74) is 0.930. The van der Waals surface area contributed by atoms with Crippen LogP contribution in [0.4, 0.5) is 0 Å². The summed E-state index contributed by atoms with van der Waals surface area (Å²) in [5, 5.41) is 7.18. The van der Waals surface area contributed by atoms with Crippen molar-refractivity contribution in [3.63, 3.8) is 0 Å². The lowest BCUT2D eigenvalue weighted by Gasteiger charge is -2.03. The van der Waals surface area contributed by atoms with Gasteiger partial charge in [0, 0.05) is 19.0 Å². The maximum Gasteiger partial charge on any atom is 0.305 e. The lowest BCUT2D eigenvalue weighted by atomic mass is 10.2. The molecular formula is C13H22N2O3. The van der Waals surface area contributed by atoms with Gasteiger partial charge in [-0.05, 0) is 33.2 Å². The second-order valence-electron chi connectivity index (χ2n) is 4.22. The van der Waals surface area contributed by atoms with Crippen LogP contribution in [-0.2, 0) is 16.1 Å². The third-order valence-corrected chi connectivity index (χ3v) is 2.52. The summed E-state index contributed by atoms with van der Waals surface area (Å²) in [6.45, 7) is 5.83. The molecule has 1 heterocycles. The lowest BCUT2D eigenvalue weighted by Crippen LogP contribution is -2.15. The Morgan fingerprint density at radius 3 is 2.94 bits per heavy atom. The number of aromatic nitrogens is 1. The van der Waals surface area contributed by atoms with Crippen LogP contribution in [0, 0.1) is 6.92 Å². The number of rotatable bonds is 9. The molecule has 0 atom stereocenters. The molecule has 1 rings (SSSR count). The van der Waals surface area contributed by atoms with Crippen LogP contribution >= 0.6 is 0 Å². The molecule has 0 radical (unpaired) electrons. The highest BCUT2D eigenvalue weighted by Gasteiger charge is 2.01. The molecule has 5 heteroatoms. The molecule has 5 nitrogen and oxygen atoms in total. The topological polar surface area (TPSA) is 64.4 Å². The van der Waals surface area contributed by atoms with E-state index in [1.165, 1.54) is 0 Å². The van der Waals surface area contributed by atoms with Gasteiger partial charge >= 0.3 is 5.97 Å². The molecule has 18 heavy (non-hydrogen) atoms. The Labute approximate surface area is 108 Å². The third kappa shape index (κ3) is 6.39. The smallest absolute Gasteiger partial charge is 0.305 e. The molecule has 0 aliphatic rings. The fourth-order valence-electron chi connectivity index (χ4n) is 1.65. The van der Waals surface area contributed by atoms with E-state index in [2.05, 4.69) is 10.5 Å². The van der Waals surface area contributed by atoms with Crippen molar-refractivity contribution in [1.82, 2.24) is 10.5 Å². The van der Waals surface area contributed by atoms with Crippen molar-refractivity contribution in [2.24, 2.45) is 0 Å². The van der Waals surface area contributed by atoms with E-state index in [9.17, 15) is 4.79 Å². The molecule has 0 aromatic carbocycles. The Kier molecular flexibility index (Phi) is 7.10. The quantitative estimate of drug-likeness (QED) is 0.540. The molecule has 0 aliphatic carbocycles. The number of hydrogen-bond donors (Lipinski definition) is 1. The third-order valence-electron chi connectivity index (χ3n) is 2.52. The van der Waals surface area contributed by atoms with Crippen LogP contribution in [0.2, 0.25) is 0 Å². The van der Waals surface area contributed by atoms with E-state index in [0.29, 0.717) is 13.0 Å². The van der Waals surface area contributed by atoms with Crippen LogP contribution < -0.4 is 5.32 Å². The van der Waals surface area contributed by atoms with Crippen molar-refractivity contribution in [3.8, 4) is 0 Å². The summed E-state index contributed by atoms with van der Waals surface area (Å²) in [6, 6.07) is 1.92. The molecular weight excluding hydrogens is 232 g/mol. The van der Waals surface area contributed by atoms with Gasteiger partial charge in [-0.1, -0.05) is 11.6 Å². The van der Waals surface area contributed by atoms with Gasteiger partial charge in [0.25, 0.3) is 0 Å². The first-order valence-corrected chi connectivity index (χ1v) is 6.51. The highest BCUT2D eigenvalue weighted by molar-refractivity contribution is 5.69. The van der Waals surface area contributed by atoms with E-state index in [1.807, 2.05) is 19.9 Å². The van der Waals surface area contributed by atoms with E-state index >= 15 is 0 Å². The van der Waals surface area contributed by atoms with E-state index in [-0.39, 0.29) is 5.97 Å². The van der Waals surface area contributed by atoms with Crippen LogP contribution in [0.25, 0.3) is 0 Å². The van der Waals surface area contributed by atoms with E-state index in [0.717, 1.165) is 43.8 Å². The van der Waals surface area contributed by atoms with Gasteiger partial charge in [-0.25, -0.2) is 0 Å². The van der Waals surface area contributed by atoms with E-state index in [1.54, 1.807) is 0 Å². The van der Waals surface area contributed by atoms with Crippen molar-refractivity contribution in [3.05, 3.63) is 17.5 Å². The fraction of sp³-hybridized carbons (Fsp3) is 0.692. The summed E-state index contributed by atoms with van der Waals surface area (Å²) >= 11 is 0. The molecule has 102 valence electrons. The minimum absolute atomic E-state index is 0.0940. The summed E-state index contributed by atoms with van der Waals surface area (Å²) in [7, 11) is 0. The number of esters is 1. The number of nitrogens with zero attached hydrogens (tertiary/aromatic N) is 1. The number of nitrogens with one attached hydrogen (secondary N) is 1. The van der Waals surface area contributed by atoms with Crippen LogP contribution in [0.15, 0.2) is 10.6 Å². The highest BCUT2D eigenvalue weighted by Crippen LogP contribution is 2.02. The zero-order valence-corrected chi connectivity index (χ0v) is 11.2. The molecule has 0 bridgehead atoms. The summed E-state index contributed by atoms with van der Waals surface area (Å²) in [4.78, 5) is 11.1. The molecule has 0 saturated heterocycles. The maximum atomic E-state index is 11.1. The van der Waals surface area contributed by atoms with Gasteiger partial charge in [0.2, 0.25) is 0 Å². The van der Waals surface area contributed by atoms with Crippen LogP contribution in [0.5, 0.6) is 0 Å². The van der Waals surface area contributed by atoms with Crippen molar-refractivity contribution in [1.29, 1.82) is 0 Å². The fourth-order valence-corrected chi connectivity index (χ4v) is 1.65. The number of carbonyl (C=O) groups is 1. The lowest BCUT2D eigenvalue weighted by molar-refractivity contribution is -0.143. The average Bonchev–Trinajstić information content (AvgIpc) is 2.74. The first kappa shape index (κ1) is 14.7. The van der Waals surface area contributed by atoms with Crippen molar-refractivity contribution < 1.29 is 14.1 Å². The summed E-state index contributed by atoms with van der Waals surface area (Å²) in [6.07, 6.45) is 3.50. The number of unbranched alkanes of at least 4 members (excludes halogenated alkanes) is 2. The Balaban J connectivity index is 1.91. The minimum atomic E-state index is -0.0940. The molecule has 0 amide bonds. The number of ether oxygens (including phenoxy) is 1. The van der Waals surface area contributed by atoms with Gasteiger partial charge in [0.1, 0.15) is 5.76 Å². The first-order chi connectivity index (χ1) is 8.72. The van der Waals surface area contributed by atoms with E-state index in [4.69, 9.17) is 9.26 Å². The number of aryl methyl sites for hydroxylation is 1. The Morgan fingerprint density at radius 2 is 2.28 bits per heavy atom. The largest absolute Gasteiger partial charge is 0.466 e. The number of hydrogen-bond acceptors (Lipinski definition) is 5. The summed E-state index contributed by atoms with van der Waals surface area (Å²) in [5.74, 6) is 0.741. The van der Waals surface area contributed by atoms with Crippen LogP contribution in [-0.4, -0.2) is 24.3 Å². The molecule has 0 aliphatic heterocycles. The number of carbonyl (C=O) groups excluding carboxylic acids is 1. The second-order valence-corrected chi connectivity index (χ2v) is 4.22. The van der Waals surface area contributed by atoms with Crippen molar-refractivity contribution in [2.45, 2.75) is 46.1 Å². The zero-order chi connectivity index (χ0) is 13.2. The van der Waals surface area contributed by atoms with Crippen molar-refractivity contribution in [2.75, 3.05) is 13.2 Å². The SMILES string of the molecule is CCOC(=O)CCCCCNCc1cc(C)on1. The van der Waals surface area contributed by atoms with Crippen LogP contribution in [0.1, 0.15) is 44.1 Å². The van der Waals surface area contributed by atoms with Gasteiger partial charge in [-0.3, -0.25) is 4.79 Å². The van der Waals surface area contributed by atoms with E-state index < -0.39 is 0 Å². The first-order valence-electron chi connectivity index (χ1n) is 6.51. The molecule has 1 N–H and O–H groups in total. The molecule has 0 unspecified atom stereocenters. The second kappa shape index (κ2) is 8.69. The van der Waals surface area contributed by atoms with Gasteiger partial charge in [-0.15, -0.1) is 0 Å². The summed E-state index contributed by atoms with van der Waals surface area (Å²) < 4.78 is 9.82. The van der Waals surface area contributed by atoms with Gasteiger partial charge in [0.05, 0.1) is 12.3 Å². The van der Waals surface area contributed by atoms with Gasteiger partial charge < -0.3 is 14.6 Å². The molecule has 0 spiro atoms.